The highest BCUT2D eigenvalue weighted by molar-refractivity contribution is 8.76. The first-order chi connectivity index (χ1) is 53.6. The summed E-state index contributed by atoms with van der Waals surface area (Å²) < 4.78 is 0. The maximum absolute atomic E-state index is 15.5. The zero-order chi connectivity index (χ0) is 81.2. The van der Waals surface area contributed by atoms with E-state index in [4.69, 9.17) is 33.8 Å². The Labute approximate surface area is 655 Å². The molecule has 6 aromatic rings. The van der Waals surface area contributed by atoms with Gasteiger partial charge in [-0.15, -0.1) is 0 Å². The Morgan fingerprint density at radius 3 is 1.77 bits per heavy atom. The van der Waals surface area contributed by atoms with Crippen molar-refractivity contribution < 1.29 is 62.6 Å². The van der Waals surface area contributed by atoms with Crippen LogP contribution in [0.15, 0.2) is 128 Å². The molecule has 26 N–H and O–H groups in total. The molecule has 37 heteroatoms. The van der Waals surface area contributed by atoms with E-state index in [1.165, 1.54) is 24.7 Å². The summed E-state index contributed by atoms with van der Waals surface area (Å²) >= 11 is 0. The Hall–Kier alpha value is -11.7. The number of para-hydroxylation sites is 1. The van der Waals surface area contributed by atoms with Crippen LogP contribution in [0.4, 0.5) is 0 Å². The number of primary amides is 1. The predicted molar refractivity (Wildman–Crippen MR) is 423 cm³/mol. The highest BCUT2D eigenvalue weighted by Crippen LogP contribution is 2.25. The lowest BCUT2D eigenvalue weighted by atomic mass is 10.00. The number of benzene rings is 4. The molecule has 1 saturated heterocycles. The zero-order valence-corrected chi connectivity index (χ0v) is 64.1. The third-order valence-corrected chi connectivity index (χ3v) is 20.5. The Morgan fingerprint density at radius 1 is 0.562 bits per heavy atom. The van der Waals surface area contributed by atoms with Gasteiger partial charge in [0.15, 0.2) is 11.9 Å². The summed E-state index contributed by atoms with van der Waals surface area (Å²) in [4.78, 5) is 186. The minimum Gasteiger partial charge on any atom is -0.508 e. The molecular formula is C75H102N22O13S2. The summed E-state index contributed by atoms with van der Waals surface area (Å²) in [5, 5.41) is 61.5. The average Bonchev–Trinajstić information content (AvgIpc) is 1.60. The standard InChI is InChI=1S/C75H102N22O13S2/c1-4-5-21-52(90-73(110)62(42(2)3)97-63(100)50(76)31-45-25-27-48(98)28-26-45)67(104)95-60-40-112-111-39-59(71(108)89-54(24-15-30-84-75(80)81)65(102)91-55(64(101)86-38-61(77)99)32-43-16-8-6-9-17-43)96-69(106)57(34-46-36-85-51-22-13-12-20-49(46)51)93-66(103)53(23-14-29-83-74(78)79)88-68(105)56(33-44-18-10-7-11-19-44)92-70(107)58(94-72(60)109)35-47-37-82-41-87-47/h6-13,16-20,22,25-28,36-37,41-42,50,52-60,62,85,98H,4-5,14-15,21,23-24,29-35,38-40,76H2,1-3H3,(H2,77,99)(H,82,87)(H,86,101)(H,88,105)(H,89,108)(H,90,110)(H,91,102)(H,92,107)(H,93,103)(H,94,109)(H,95,104)(H,96,106)(H,97,100)(H4,78,79,83)(H4,80,81,84)/t50-,52-,53-,54-,55-,56-,57-,58-,59-,60+,62-/m0/s1. The second-order valence-electron chi connectivity index (χ2n) is 27.3. The Kier molecular flexibility index (Phi) is 35.0. The number of hydrogen-bond acceptors (Lipinski definition) is 19. The van der Waals surface area contributed by atoms with E-state index < -0.39 is 162 Å². The lowest BCUT2D eigenvalue weighted by Gasteiger charge is -2.29. The second kappa shape index (κ2) is 44.8. The molecule has 0 unspecified atom stereocenters. The highest BCUT2D eigenvalue weighted by atomic mass is 33.1. The minimum absolute atomic E-state index is 0.00963. The van der Waals surface area contributed by atoms with Gasteiger partial charge in [0.1, 0.15) is 66.2 Å². The maximum Gasteiger partial charge on any atom is 0.244 e. The second-order valence-corrected chi connectivity index (χ2v) is 29.9. The molecule has 1 aliphatic heterocycles. The minimum atomic E-state index is -1.68. The fourth-order valence-electron chi connectivity index (χ4n) is 12.1. The number of carbonyl (C=O) groups excluding carboxylic acids is 12. The molecule has 0 radical (unpaired) electrons. The van der Waals surface area contributed by atoms with Crippen molar-refractivity contribution in [2.75, 3.05) is 31.1 Å². The van der Waals surface area contributed by atoms with E-state index in [1.807, 2.05) is 6.92 Å². The molecule has 35 nitrogen and oxygen atoms in total. The normalized spacial score (nSPS) is 18.7. The molecule has 4 aromatic carbocycles. The van der Waals surface area contributed by atoms with Crippen LogP contribution in [0.25, 0.3) is 10.9 Å². The molecule has 1 aliphatic rings. The summed E-state index contributed by atoms with van der Waals surface area (Å²) in [7, 11) is 1.83. The van der Waals surface area contributed by atoms with Crippen LogP contribution in [0.5, 0.6) is 5.75 Å². The zero-order valence-electron chi connectivity index (χ0n) is 62.5. The molecule has 11 atom stereocenters. The van der Waals surface area contributed by atoms with E-state index in [2.05, 4.69) is 84.1 Å². The first kappa shape index (κ1) is 87.5. The monoisotopic (exact) mass is 1580 g/mol. The van der Waals surface area contributed by atoms with Crippen LogP contribution in [0.2, 0.25) is 0 Å². The van der Waals surface area contributed by atoms with E-state index in [9.17, 15) is 29.1 Å². The molecule has 3 heterocycles. The van der Waals surface area contributed by atoms with Crippen molar-refractivity contribution in [1.82, 2.24) is 84.1 Å². The van der Waals surface area contributed by atoms with Gasteiger partial charge in [0.2, 0.25) is 70.9 Å². The first-order valence-corrected chi connectivity index (χ1v) is 39.3. The van der Waals surface area contributed by atoms with Gasteiger partial charge in [-0.2, -0.15) is 0 Å². The number of nitrogens with one attached hydrogen (secondary N) is 17. The number of carbonyl (C=O) groups is 12. The summed E-state index contributed by atoms with van der Waals surface area (Å²) in [5.74, 6) is -12.6. The van der Waals surface area contributed by atoms with E-state index in [0.29, 0.717) is 46.0 Å². The number of phenols is 1. The van der Waals surface area contributed by atoms with Crippen molar-refractivity contribution in [2.45, 2.75) is 164 Å². The molecule has 602 valence electrons. The quantitative estimate of drug-likeness (QED) is 0.00947. The lowest BCUT2D eigenvalue weighted by Crippen LogP contribution is -2.62. The smallest absolute Gasteiger partial charge is 0.244 e. The van der Waals surface area contributed by atoms with Crippen molar-refractivity contribution in [3.8, 4) is 5.75 Å². The SMILES string of the molecule is CCCC[C@H](NC(=O)[C@@H](NC(=O)[C@@H](N)Cc1ccc(O)cc1)C(C)C)C(=O)N[C@@H]1CSSC[C@@H](C(=O)N[C@@H](CCCNC(=N)N)C(=O)N[C@@H](Cc2ccccc2)C(=O)NCC(N)=O)NC(=O)[C@H](Cc2c[nH]c3ccccc23)NC(=O)[C@H](CCCNC(=N)N)NC(=O)[C@H](Cc2ccccc2)NC(=O)[C@H](Cc2c[nH]cn2)NC1=O. The van der Waals surface area contributed by atoms with Crippen LogP contribution in [0.3, 0.4) is 0 Å². The summed E-state index contributed by atoms with van der Waals surface area (Å²) in [6.07, 6.45) is 4.43. The maximum atomic E-state index is 15.5. The number of aromatic amines is 2. The number of H-pyrrole nitrogens is 2. The molecule has 0 aliphatic carbocycles. The van der Waals surface area contributed by atoms with Crippen LogP contribution in [-0.2, 0) is 89.6 Å². The fraction of sp³-hybridized carbons (Fsp3) is 0.427. The number of nitrogens with zero attached hydrogens (tertiary/aromatic N) is 1. The van der Waals surface area contributed by atoms with Gasteiger partial charge in [0.05, 0.1) is 24.6 Å². The van der Waals surface area contributed by atoms with Crippen LogP contribution < -0.4 is 92.1 Å². The molecule has 0 spiro atoms. The van der Waals surface area contributed by atoms with Gasteiger partial charge in [0.25, 0.3) is 0 Å². The fourth-order valence-corrected chi connectivity index (χ4v) is 14.4. The summed E-state index contributed by atoms with van der Waals surface area (Å²) in [6.45, 7) is 4.68. The third kappa shape index (κ3) is 28.9. The number of amides is 12. The number of hydrogen-bond donors (Lipinski definition) is 22. The molecule has 112 heavy (non-hydrogen) atoms. The van der Waals surface area contributed by atoms with Crippen molar-refractivity contribution in [2.24, 2.45) is 28.9 Å². The van der Waals surface area contributed by atoms with Crippen LogP contribution in [0, 0.1) is 16.7 Å². The number of aromatic nitrogens is 3. The van der Waals surface area contributed by atoms with Gasteiger partial charge in [-0.3, -0.25) is 68.4 Å². The summed E-state index contributed by atoms with van der Waals surface area (Å²) in [5.41, 5.74) is 26.2. The number of unbranched alkanes of at least 4 members (excludes halogenated alkanes) is 1. The van der Waals surface area contributed by atoms with E-state index in [-0.39, 0.29) is 100 Å². The molecule has 1 fully saturated rings. The number of rotatable bonds is 35. The van der Waals surface area contributed by atoms with Crippen LogP contribution in [-0.4, -0.2) is 200 Å². The average molecular weight is 1580 g/mol. The largest absolute Gasteiger partial charge is 0.508 e. The van der Waals surface area contributed by atoms with E-state index in [1.54, 1.807) is 117 Å². The van der Waals surface area contributed by atoms with Crippen LogP contribution in [0.1, 0.15) is 93.7 Å². The molecular weight excluding hydrogens is 1480 g/mol. The molecule has 7 rings (SSSR count). The number of imidazole rings is 1. The number of aromatic hydroxyl groups is 1. The Bertz CT molecular complexity index is 4180. The molecule has 12 amide bonds. The molecule has 2 aromatic heterocycles. The van der Waals surface area contributed by atoms with E-state index >= 15 is 33.6 Å². The van der Waals surface area contributed by atoms with E-state index in [0.717, 1.165) is 21.6 Å². The topological polar surface area (TPSA) is 578 Å². The van der Waals surface area contributed by atoms with Gasteiger partial charge in [-0.05, 0) is 84.9 Å². The highest BCUT2D eigenvalue weighted by Gasteiger charge is 2.38. The number of guanidine groups is 2. The number of nitrogens with two attached hydrogens (primary N) is 4. The van der Waals surface area contributed by atoms with Gasteiger partial charge in [-0.25, -0.2) is 4.98 Å². The van der Waals surface area contributed by atoms with Crippen LogP contribution >= 0.6 is 21.6 Å². The van der Waals surface area contributed by atoms with Crippen molar-refractivity contribution in [1.29, 1.82) is 10.8 Å². The van der Waals surface area contributed by atoms with Gasteiger partial charge in [-0.1, -0.05) is 146 Å². The summed E-state index contributed by atoms with van der Waals surface area (Å²) in [6, 6.07) is 14.3. The molecule has 0 saturated carbocycles. The van der Waals surface area contributed by atoms with Gasteiger partial charge in [0, 0.05) is 73.6 Å². The Balaban J connectivity index is 1.31. The van der Waals surface area contributed by atoms with Crippen molar-refractivity contribution in [3.63, 3.8) is 0 Å². The lowest BCUT2D eigenvalue weighted by molar-refractivity contribution is -0.136. The van der Waals surface area contributed by atoms with Gasteiger partial charge < -0.3 is 107 Å². The number of phenolic OH excluding ortho intramolecular Hbond substituents is 1. The number of fused-ring (bicyclic) bond motifs is 1. The molecule has 0 bridgehead atoms. The van der Waals surface area contributed by atoms with Gasteiger partial charge >= 0.3 is 0 Å². The first-order valence-electron chi connectivity index (χ1n) is 36.8. The predicted octanol–water partition coefficient (Wildman–Crippen LogP) is -1.35. The Morgan fingerprint density at radius 2 is 1.12 bits per heavy atom. The van der Waals surface area contributed by atoms with Crippen molar-refractivity contribution >= 4 is 115 Å². The third-order valence-electron chi connectivity index (χ3n) is 18.1. The van der Waals surface area contributed by atoms with Crippen molar-refractivity contribution in [3.05, 3.63) is 156 Å².